The Hall–Kier alpha value is -1.81. The molecule has 1 unspecified atom stereocenters. The summed E-state index contributed by atoms with van der Waals surface area (Å²) in [5.41, 5.74) is 0.702. The molecule has 0 aliphatic heterocycles. The fourth-order valence-electron chi connectivity index (χ4n) is 1.53. The number of benzene rings is 1. The molecule has 18 heavy (non-hydrogen) atoms. The number of carboxylic acids is 1. The minimum absolute atomic E-state index is 0.449. The van der Waals surface area contributed by atoms with Gasteiger partial charge in [-0.15, -0.1) is 6.58 Å². The average molecular weight is 249 g/mol. The molecule has 0 spiro atoms. The van der Waals surface area contributed by atoms with Gasteiger partial charge in [0, 0.05) is 6.54 Å². The second kappa shape index (κ2) is 7.50. The molecule has 0 radical (unpaired) electrons. The van der Waals surface area contributed by atoms with Crippen molar-refractivity contribution in [3.63, 3.8) is 0 Å². The van der Waals surface area contributed by atoms with Crippen LogP contribution in [-0.4, -0.2) is 24.2 Å². The quantitative estimate of drug-likeness (QED) is 0.694. The zero-order valence-corrected chi connectivity index (χ0v) is 10.6. The maximum absolute atomic E-state index is 11.1. The molecule has 0 heterocycles. The van der Waals surface area contributed by atoms with Gasteiger partial charge in [0.15, 0.2) is 0 Å². The Labute approximate surface area is 107 Å². The summed E-state index contributed by atoms with van der Waals surface area (Å²) in [6, 6.07) is 6.38. The largest absolute Gasteiger partial charge is 0.494 e. The normalized spacial score (nSPS) is 11.8. The van der Waals surface area contributed by atoms with Crippen molar-refractivity contribution in [3.8, 4) is 5.75 Å². The summed E-state index contributed by atoms with van der Waals surface area (Å²) >= 11 is 0. The van der Waals surface area contributed by atoms with Gasteiger partial charge in [-0.05, 0) is 24.1 Å². The maximum atomic E-state index is 11.1. The van der Waals surface area contributed by atoms with Crippen molar-refractivity contribution < 1.29 is 14.6 Å². The van der Waals surface area contributed by atoms with Crippen LogP contribution >= 0.6 is 0 Å². The molecular weight excluding hydrogens is 230 g/mol. The third-order valence-corrected chi connectivity index (χ3v) is 2.40. The predicted molar refractivity (Wildman–Crippen MR) is 70.8 cm³/mol. The van der Waals surface area contributed by atoms with Crippen LogP contribution in [0, 0.1) is 0 Å². The first kappa shape index (κ1) is 14.3. The van der Waals surface area contributed by atoms with Crippen LogP contribution in [0.15, 0.2) is 36.9 Å². The van der Waals surface area contributed by atoms with Gasteiger partial charge < -0.3 is 9.84 Å². The van der Waals surface area contributed by atoms with Crippen LogP contribution in [-0.2, 0) is 4.79 Å². The lowest BCUT2D eigenvalue weighted by molar-refractivity contribution is -0.139. The molecule has 1 rings (SSSR count). The lowest BCUT2D eigenvalue weighted by Crippen LogP contribution is -2.28. The molecule has 0 fully saturated rings. The van der Waals surface area contributed by atoms with Crippen molar-refractivity contribution in [1.29, 1.82) is 0 Å². The second-order valence-electron chi connectivity index (χ2n) is 3.89. The number of hydrogen-bond acceptors (Lipinski definition) is 3. The number of nitrogens with one attached hydrogen (secondary N) is 1. The molecule has 98 valence electrons. The maximum Gasteiger partial charge on any atom is 0.325 e. The molecular formula is C14H19NO3. The van der Waals surface area contributed by atoms with Crippen LogP contribution in [0.25, 0.3) is 0 Å². The number of hydrogen-bond donors (Lipinski definition) is 2. The van der Waals surface area contributed by atoms with Crippen LogP contribution in [0.3, 0.4) is 0 Å². The Kier molecular flexibility index (Phi) is 5.94. The van der Waals surface area contributed by atoms with Crippen molar-refractivity contribution in [2.24, 2.45) is 0 Å². The van der Waals surface area contributed by atoms with Crippen LogP contribution in [0.1, 0.15) is 24.9 Å². The number of carboxylic acid groups (broad SMARTS) is 1. The van der Waals surface area contributed by atoms with E-state index in [9.17, 15) is 4.79 Å². The van der Waals surface area contributed by atoms with Gasteiger partial charge >= 0.3 is 5.97 Å². The third kappa shape index (κ3) is 4.22. The van der Waals surface area contributed by atoms with Gasteiger partial charge in [0.25, 0.3) is 0 Å². The summed E-state index contributed by atoms with van der Waals surface area (Å²) in [4.78, 5) is 11.1. The standard InChI is InChI=1S/C14H19NO3/c1-3-9-15-13(14(16)17)11-5-7-12(8-6-11)18-10-4-2/h3,5-8,13,15H,1,4,9-10H2,2H3,(H,16,17). The highest BCUT2D eigenvalue weighted by molar-refractivity contribution is 5.75. The van der Waals surface area contributed by atoms with Crippen LogP contribution in [0.4, 0.5) is 0 Å². The first-order valence-electron chi connectivity index (χ1n) is 5.99. The van der Waals surface area contributed by atoms with Crippen molar-refractivity contribution in [1.82, 2.24) is 5.32 Å². The molecule has 0 saturated heterocycles. The molecule has 0 bridgehead atoms. The molecule has 0 aliphatic rings. The van der Waals surface area contributed by atoms with Crippen molar-refractivity contribution in [3.05, 3.63) is 42.5 Å². The summed E-state index contributed by atoms with van der Waals surface area (Å²) in [5.74, 6) is -0.146. The lowest BCUT2D eigenvalue weighted by Gasteiger charge is -2.14. The molecule has 1 aromatic carbocycles. The van der Waals surface area contributed by atoms with E-state index in [0.29, 0.717) is 18.7 Å². The first-order chi connectivity index (χ1) is 8.69. The monoisotopic (exact) mass is 249 g/mol. The van der Waals surface area contributed by atoms with Gasteiger partial charge in [0.1, 0.15) is 11.8 Å². The van der Waals surface area contributed by atoms with Gasteiger partial charge in [-0.3, -0.25) is 10.1 Å². The molecule has 4 nitrogen and oxygen atoms in total. The Morgan fingerprint density at radius 3 is 2.67 bits per heavy atom. The fourth-order valence-corrected chi connectivity index (χ4v) is 1.53. The van der Waals surface area contributed by atoms with Gasteiger partial charge in [-0.25, -0.2) is 0 Å². The summed E-state index contributed by atoms with van der Waals surface area (Å²) in [5, 5.41) is 12.0. The van der Waals surface area contributed by atoms with Gasteiger partial charge in [0.2, 0.25) is 0 Å². The topological polar surface area (TPSA) is 58.6 Å². The number of carbonyl (C=O) groups is 1. The highest BCUT2D eigenvalue weighted by Gasteiger charge is 2.18. The van der Waals surface area contributed by atoms with E-state index in [1.807, 2.05) is 6.92 Å². The lowest BCUT2D eigenvalue weighted by atomic mass is 10.1. The Bertz CT molecular complexity index is 387. The third-order valence-electron chi connectivity index (χ3n) is 2.40. The average Bonchev–Trinajstić information content (AvgIpc) is 2.38. The minimum atomic E-state index is -0.904. The number of aliphatic carboxylic acids is 1. The van der Waals surface area contributed by atoms with Gasteiger partial charge in [-0.2, -0.15) is 0 Å². The highest BCUT2D eigenvalue weighted by Crippen LogP contribution is 2.18. The summed E-state index contributed by atoms with van der Waals surface area (Å²) in [6.45, 7) is 6.71. The second-order valence-corrected chi connectivity index (χ2v) is 3.89. The Morgan fingerprint density at radius 2 is 2.17 bits per heavy atom. The fraction of sp³-hybridized carbons (Fsp3) is 0.357. The van der Waals surface area contributed by atoms with E-state index in [-0.39, 0.29) is 0 Å². The Morgan fingerprint density at radius 1 is 1.50 bits per heavy atom. The summed E-state index contributed by atoms with van der Waals surface area (Å²) in [6.07, 6.45) is 2.58. The Balaban J connectivity index is 2.73. The van der Waals surface area contributed by atoms with Crippen molar-refractivity contribution >= 4 is 5.97 Å². The van der Waals surface area contributed by atoms with Crippen molar-refractivity contribution in [2.75, 3.05) is 13.2 Å². The number of rotatable bonds is 8. The zero-order chi connectivity index (χ0) is 13.4. The molecule has 4 heteroatoms. The van der Waals surface area contributed by atoms with Crippen LogP contribution in [0.5, 0.6) is 5.75 Å². The van der Waals surface area contributed by atoms with E-state index in [4.69, 9.17) is 9.84 Å². The predicted octanol–water partition coefficient (Wildman–Crippen LogP) is 2.38. The first-order valence-corrected chi connectivity index (χ1v) is 5.99. The van der Waals surface area contributed by atoms with E-state index < -0.39 is 12.0 Å². The van der Waals surface area contributed by atoms with E-state index in [0.717, 1.165) is 12.2 Å². The van der Waals surface area contributed by atoms with Gasteiger partial charge in [-0.1, -0.05) is 25.1 Å². The molecule has 0 amide bonds. The molecule has 1 aromatic rings. The minimum Gasteiger partial charge on any atom is -0.494 e. The molecule has 0 aromatic heterocycles. The van der Waals surface area contributed by atoms with Crippen LogP contribution in [0.2, 0.25) is 0 Å². The van der Waals surface area contributed by atoms with E-state index in [1.165, 1.54) is 0 Å². The van der Waals surface area contributed by atoms with E-state index >= 15 is 0 Å². The molecule has 2 N–H and O–H groups in total. The van der Waals surface area contributed by atoms with E-state index in [2.05, 4.69) is 11.9 Å². The molecule has 1 atom stereocenters. The summed E-state index contributed by atoms with van der Waals surface area (Å²) in [7, 11) is 0. The molecule has 0 aliphatic carbocycles. The van der Waals surface area contributed by atoms with Crippen molar-refractivity contribution in [2.45, 2.75) is 19.4 Å². The SMILES string of the molecule is C=CCNC(C(=O)O)c1ccc(OCCC)cc1. The van der Waals surface area contributed by atoms with Crippen LogP contribution < -0.4 is 10.1 Å². The number of ether oxygens (including phenoxy) is 1. The molecule has 0 saturated carbocycles. The van der Waals surface area contributed by atoms with E-state index in [1.54, 1.807) is 30.3 Å². The highest BCUT2D eigenvalue weighted by atomic mass is 16.5. The zero-order valence-electron chi connectivity index (χ0n) is 10.6. The van der Waals surface area contributed by atoms with Gasteiger partial charge in [0.05, 0.1) is 6.61 Å². The smallest absolute Gasteiger partial charge is 0.325 e. The summed E-state index contributed by atoms with van der Waals surface area (Å²) < 4.78 is 5.45.